The molecule has 1 saturated heterocycles. The molecule has 3 heteroatoms. The van der Waals surface area contributed by atoms with E-state index in [0.29, 0.717) is 6.71 Å². The fraction of sp³-hybridized carbons (Fsp3) is 0.800. The van der Waals surface area contributed by atoms with E-state index in [9.17, 15) is 0 Å². The second-order valence-electron chi connectivity index (χ2n) is 2.15. The minimum absolute atomic E-state index is 0.330. The van der Waals surface area contributed by atoms with Crippen LogP contribution in [-0.2, 0) is 0 Å². The van der Waals surface area contributed by atoms with Crippen molar-refractivity contribution in [1.29, 1.82) is 5.26 Å². The Morgan fingerprint density at radius 3 is 2.38 bits per heavy atom. The molecule has 0 amide bonds. The average Bonchev–Trinajstić information content (AvgIpc) is 1.90. The molecule has 0 atom stereocenters. The van der Waals surface area contributed by atoms with Gasteiger partial charge in [0.1, 0.15) is 0 Å². The standard InChI is InChI=1S/C5H9BN2/c7-5-6-1-3-8-4-2-6/h8H,1-4H2. The van der Waals surface area contributed by atoms with Crippen LogP contribution in [0.2, 0.25) is 12.6 Å². The zero-order chi connectivity index (χ0) is 5.82. The van der Waals surface area contributed by atoms with Crippen molar-refractivity contribution < 1.29 is 0 Å². The fourth-order valence-corrected chi connectivity index (χ4v) is 0.951. The van der Waals surface area contributed by atoms with Crippen LogP contribution in [0.1, 0.15) is 0 Å². The van der Waals surface area contributed by atoms with Gasteiger partial charge in [0.05, 0.1) is 0 Å². The molecule has 0 radical (unpaired) electrons. The molecule has 0 aromatic carbocycles. The number of nitrogens with zero attached hydrogens (tertiary/aromatic N) is 1. The molecule has 0 unspecified atom stereocenters. The van der Waals surface area contributed by atoms with E-state index in [4.69, 9.17) is 5.26 Å². The highest BCUT2D eigenvalue weighted by atomic mass is 14.8. The fourth-order valence-electron chi connectivity index (χ4n) is 0.951. The van der Waals surface area contributed by atoms with Crippen LogP contribution in [0.5, 0.6) is 0 Å². The lowest BCUT2D eigenvalue weighted by atomic mass is 9.45. The Morgan fingerprint density at radius 1 is 1.38 bits per heavy atom. The van der Waals surface area contributed by atoms with Gasteiger partial charge in [-0.15, -0.1) is 0 Å². The minimum atomic E-state index is 0.330. The van der Waals surface area contributed by atoms with Crippen molar-refractivity contribution in [2.24, 2.45) is 0 Å². The van der Waals surface area contributed by atoms with Crippen molar-refractivity contribution in [3.8, 4) is 5.97 Å². The van der Waals surface area contributed by atoms with Crippen LogP contribution in [0.3, 0.4) is 0 Å². The molecule has 0 aromatic heterocycles. The molecule has 8 heavy (non-hydrogen) atoms. The van der Waals surface area contributed by atoms with Gasteiger partial charge < -0.3 is 5.32 Å². The second kappa shape index (κ2) is 2.73. The number of hydrogen-bond acceptors (Lipinski definition) is 2. The van der Waals surface area contributed by atoms with Crippen LogP contribution < -0.4 is 5.32 Å². The molecule has 1 N–H and O–H groups in total. The van der Waals surface area contributed by atoms with E-state index in [1.54, 1.807) is 0 Å². The SMILES string of the molecule is N#CB1CCNCC1. The normalized spacial score (nSPS) is 20.1. The molecule has 0 aromatic rings. The number of hydrogen-bond donors (Lipinski definition) is 1. The Morgan fingerprint density at radius 2 is 2.00 bits per heavy atom. The van der Waals surface area contributed by atoms with Crippen LogP contribution >= 0.6 is 0 Å². The van der Waals surface area contributed by atoms with Crippen molar-refractivity contribution in [1.82, 2.24) is 5.32 Å². The molecule has 1 heterocycles. The van der Waals surface area contributed by atoms with Crippen LogP contribution in [0.15, 0.2) is 0 Å². The molecule has 1 fully saturated rings. The Balaban J connectivity index is 2.25. The molecule has 0 spiro atoms. The first-order chi connectivity index (χ1) is 3.93. The number of nitriles is 1. The summed E-state index contributed by atoms with van der Waals surface area (Å²) < 4.78 is 0. The second-order valence-corrected chi connectivity index (χ2v) is 2.15. The largest absolute Gasteiger partial charge is 0.318 e. The van der Waals surface area contributed by atoms with Crippen LogP contribution in [0.4, 0.5) is 0 Å². The van der Waals surface area contributed by atoms with Gasteiger partial charge >= 0.3 is 0 Å². The molecule has 1 aliphatic heterocycles. The summed E-state index contributed by atoms with van der Waals surface area (Å²) in [5, 5.41) is 11.6. The maximum Gasteiger partial charge on any atom is 0.270 e. The van der Waals surface area contributed by atoms with Crippen LogP contribution in [-0.4, -0.2) is 19.8 Å². The van der Waals surface area contributed by atoms with Crippen LogP contribution in [0.25, 0.3) is 0 Å². The molecule has 0 bridgehead atoms. The van der Waals surface area contributed by atoms with Gasteiger partial charge in [0.25, 0.3) is 6.71 Å². The van der Waals surface area contributed by atoms with Crippen molar-refractivity contribution in [2.45, 2.75) is 12.6 Å². The van der Waals surface area contributed by atoms with Gasteiger partial charge in [-0.1, -0.05) is 0 Å². The van der Waals surface area contributed by atoms with Crippen molar-refractivity contribution in [3.05, 3.63) is 0 Å². The first-order valence-electron chi connectivity index (χ1n) is 3.04. The smallest absolute Gasteiger partial charge is 0.270 e. The Hall–Kier alpha value is -0.485. The molecule has 0 saturated carbocycles. The van der Waals surface area contributed by atoms with Gasteiger partial charge in [-0.3, -0.25) is 0 Å². The van der Waals surface area contributed by atoms with Crippen molar-refractivity contribution >= 4 is 6.71 Å². The van der Waals surface area contributed by atoms with Crippen molar-refractivity contribution in [3.63, 3.8) is 0 Å². The first-order valence-corrected chi connectivity index (χ1v) is 3.04. The van der Waals surface area contributed by atoms with Gasteiger partial charge in [-0.25, -0.2) is 5.26 Å². The Bertz CT molecular complexity index is 101. The van der Waals surface area contributed by atoms with Gasteiger partial charge in [0.15, 0.2) is 0 Å². The Kier molecular flexibility index (Phi) is 1.93. The highest BCUT2D eigenvalue weighted by Gasteiger charge is 2.15. The highest BCUT2D eigenvalue weighted by molar-refractivity contribution is 6.67. The topological polar surface area (TPSA) is 35.8 Å². The molecular formula is C5H9BN2. The lowest BCUT2D eigenvalue weighted by Gasteiger charge is -2.12. The third kappa shape index (κ3) is 1.24. The maximum atomic E-state index is 8.41. The predicted octanol–water partition coefficient (Wildman–Crippen LogP) is 0.147. The maximum absolute atomic E-state index is 8.41. The summed E-state index contributed by atoms with van der Waals surface area (Å²) >= 11 is 0. The van der Waals surface area contributed by atoms with E-state index in [1.807, 2.05) is 0 Å². The Labute approximate surface area is 50.0 Å². The number of rotatable bonds is 0. The summed E-state index contributed by atoms with van der Waals surface area (Å²) in [5.41, 5.74) is 0. The zero-order valence-corrected chi connectivity index (χ0v) is 4.85. The summed E-state index contributed by atoms with van der Waals surface area (Å²) in [5.74, 6) is 2.26. The summed E-state index contributed by atoms with van der Waals surface area (Å²) in [6, 6.07) is 0. The van der Waals surface area contributed by atoms with Crippen LogP contribution in [0, 0.1) is 11.2 Å². The van der Waals surface area contributed by atoms with Gasteiger partial charge in [-0.2, -0.15) is 0 Å². The van der Waals surface area contributed by atoms with Gasteiger partial charge in [0.2, 0.25) is 0 Å². The van der Waals surface area contributed by atoms with E-state index in [2.05, 4.69) is 11.3 Å². The average molecular weight is 108 g/mol. The monoisotopic (exact) mass is 108 g/mol. The quantitative estimate of drug-likeness (QED) is 0.448. The highest BCUT2D eigenvalue weighted by Crippen LogP contribution is 2.00. The molecule has 1 aliphatic rings. The van der Waals surface area contributed by atoms with E-state index in [-0.39, 0.29) is 0 Å². The van der Waals surface area contributed by atoms with Crippen molar-refractivity contribution in [2.75, 3.05) is 13.1 Å². The molecular weight excluding hydrogens is 98.9 g/mol. The van der Waals surface area contributed by atoms with E-state index >= 15 is 0 Å². The van der Waals surface area contributed by atoms with E-state index in [1.165, 1.54) is 0 Å². The van der Waals surface area contributed by atoms with Gasteiger partial charge in [-0.05, 0) is 25.7 Å². The third-order valence-electron chi connectivity index (χ3n) is 1.52. The van der Waals surface area contributed by atoms with E-state index in [0.717, 1.165) is 25.7 Å². The lowest BCUT2D eigenvalue weighted by molar-refractivity contribution is 0.725. The first kappa shape index (κ1) is 5.65. The molecule has 1 rings (SSSR count). The summed E-state index contributed by atoms with van der Waals surface area (Å²) in [4.78, 5) is 0. The molecule has 42 valence electrons. The third-order valence-corrected chi connectivity index (χ3v) is 1.52. The molecule has 2 nitrogen and oxygen atoms in total. The van der Waals surface area contributed by atoms with Gasteiger partial charge in [0, 0.05) is 5.97 Å². The predicted molar refractivity (Wildman–Crippen MR) is 33.9 cm³/mol. The van der Waals surface area contributed by atoms with E-state index < -0.39 is 0 Å². The summed E-state index contributed by atoms with van der Waals surface area (Å²) in [7, 11) is 0. The summed E-state index contributed by atoms with van der Waals surface area (Å²) in [6.45, 7) is 2.38. The number of nitrogens with one attached hydrogen (secondary N) is 1. The zero-order valence-electron chi connectivity index (χ0n) is 4.85. The lowest BCUT2D eigenvalue weighted by Crippen LogP contribution is -2.31. The summed E-state index contributed by atoms with van der Waals surface area (Å²) in [6.07, 6.45) is 2.08. The molecule has 0 aliphatic carbocycles. The minimum Gasteiger partial charge on any atom is -0.318 e.